The Labute approximate surface area is 106 Å². The average molecular weight is 237 g/mol. The Bertz CT molecular complexity index is 262. The highest BCUT2D eigenvalue weighted by molar-refractivity contribution is 4.95. The van der Waals surface area contributed by atoms with Crippen molar-refractivity contribution in [2.75, 3.05) is 26.2 Å². The topological polar surface area (TPSA) is 18.5 Å². The van der Waals surface area contributed by atoms with Crippen molar-refractivity contribution < 1.29 is 0 Å². The molecule has 0 aromatic carbocycles. The molecular weight excluding hydrogens is 210 g/mol. The highest BCUT2D eigenvalue weighted by Gasteiger charge is 2.38. The van der Waals surface area contributed by atoms with Crippen molar-refractivity contribution in [3.05, 3.63) is 0 Å². The molecular formula is C14H27N3. The SMILES string of the molecule is CC(C)NC1CCN(C2CCN(C3CC3)C2)C1. The summed E-state index contributed by atoms with van der Waals surface area (Å²) in [4.78, 5) is 5.47. The van der Waals surface area contributed by atoms with Crippen LogP contribution < -0.4 is 5.32 Å². The first kappa shape index (κ1) is 11.9. The third-order valence-electron chi connectivity index (χ3n) is 4.56. The summed E-state index contributed by atoms with van der Waals surface area (Å²) in [7, 11) is 0. The van der Waals surface area contributed by atoms with Crippen molar-refractivity contribution in [2.45, 2.75) is 63.7 Å². The third-order valence-corrected chi connectivity index (χ3v) is 4.56. The van der Waals surface area contributed by atoms with E-state index in [4.69, 9.17) is 0 Å². The lowest BCUT2D eigenvalue weighted by Crippen LogP contribution is -2.41. The van der Waals surface area contributed by atoms with Gasteiger partial charge < -0.3 is 5.32 Å². The van der Waals surface area contributed by atoms with E-state index in [1.807, 2.05) is 0 Å². The molecule has 3 rings (SSSR count). The lowest BCUT2D eigenvalue weighted by atomic mass is 10.2. The van der Waals surface area contributed by atoms with Crippen LogP contribution in [0.4, 0.5) is 0 Å². The fourth-order valence-corrected chi connectivity index (χ4v) is 3.56. The molecule has 17 heavy (non-hydrogen) atoms. The van der Waals surface area contributed by atoms with Gasteiger partial charge in [-0.15, -0.1) is 0 Å². The minimum absolute atomic E-state index is 0.631. The summed E-state index contributed by atoms with van der Waals surface area (Å²) < 4.78 is 0. The Morgan fingerprint density at radius 2 is 1.59 bits per heavy atom. The van der Waals surface area contributed by atoms with E-state index in [9.17, 15) is 0 Å². The maximum Gasteiger partial charge on any atom is 0.0236 e. The van der Waals surface area contributed by atoms with Gasteiger partial charge in [-0.25, -0.2) is 0 Å². The van der Waals surface area contributed by atoms with Gasteiger partial charge in [-0.1, -0.05) is 13.8 Å². The third kappa shape index (κ3) is 2.83. The molecule has 0 amide bonds. The van der Waals surface area contributed by atoms with E-state index >= 15 is 0 Å². The second kappa shape index (κ2) is 4.87. The summed E-state index contributed by atoms with van der Waals surface area (Å²) in [6.45, 7) is 9.81. The predicted molar refractivity (Wildman–Crippen MR) is 71.2 cm³/mol. The van der Waals surface area contributed by atoms with Crippen LogP contribution >= 0.6 is 0 Å². The summed E-state index contributed by atoms with van der Waals surface area (Å²) in [5.41, 5.74) is 0. The summed E-state index contributed by atoms with van der Waals surface area (Å²) in [5, 5.41) is 3.69. The van der Waals surface area contributed by atoms with Crippen molar-refractivity contribution in [3.63, 3.8) is 0 Å². The molecule has 1 aliphatic carbocycles. The maximum atomic E-state index is 3.69. The van der Waals surface area contributed by atoms with Crippen molar-refractivity contribution in [1.82, 2.24) is 15.1 Å². The highest BCUT2D eigenvalue weighted by atomic mass is 15.3. The van der Waals surface area contributed by atoms with E-state index in [2.05, 4.69) is 29.0 Å². The molecule has 0 aromatic rings. The fourth-order valence-electron chi connectivity index (χ4n) is 3.56. The van der Waals surface area contributed by atoms with E-state index in [0.29, 0.717) is 6.04 Å². The van der Waals surface area contributed by atoms with Gasteiger partial charge in [-0.2, -0.15) is 0 Å². The van der Waals surface area contributed by atoms with Crippen LogP contribution in [-0.2, 0) is 0 Å². The van der Waals surface area contributed by atoms with Crippen molar-refractivity contribution >= 4 is 0 Å². The van der Waals surface area contributed by atoms with Gasteiger partial charge in [0.25, 0.3) is 0 Å². The van der Waals surface area contributed by atoms with Crippen LogP contribution in [-0.4, -0.2) is 60.1 Å². The largest absolute Gasteiger partial charge is 0.310 e. The zero-order chi connectivity index (χ0) is 11.8. The molecule has 2 heterocycles. The smallest absolute Gasteiger partial charge is 0.0236 e. The molecule has 3 heteroatoms. The lowest BCUT2D eigenvalue weighted by Gasteiger charge is -2.25. The normalized spacial score (nSPS) is 36.2. The number of nitrogens with zero attached hydrogens (tertiary/aromatic N) is 2. The van der Waals surface area contributed by atoms with E-state index in [0.717, 1.165) is 18.1 Å². The molecule has 98 valence electrons. The Balaban J connectivity index is 1.46. The second-order valence-corrected chi connectivity index (χ2v) is 6.47. The zero-order valence-corrected chi connectivity index (χ0v) is 11.4. The first-order valence-electron chi connectivity index (χ1n) is 7.46. The molecule has 3 aliphatic rings. The molecule has 3 fully saturated rings. The van der Waals surface area contributed by atoms with Crippen LogP contribution in [0.3, 0.4) is 0 Å². The van der Waals surface area contributed by atoms with E-state index in [-0.39, 0.29) is 0 Å². The summed E-state index contributed by atoms with van der Waals surface area (Å²) >= 11 is 0. The van der Waals surface area contributed by atoms with Gasteiger partial charge in [-0.05, 0) is 25.7 Å². The quantitative estimate of drug-likeness (QED) is 0.795. The number of hydrogen-bond donors (Lipinski definition) is 1. The average Bonchev–Trinajstić information content (AvgIpc) is 2.84. The van der Waals surface area contributed by atoms with E-state index in [1.54, 1.807) is 0 Å². The molecule has 0 spiro atoms. The van der Waals surface area contributed by atoms with E-state index in [1.165, 1.54) is 51.9 Å². The monoisotopic (exact) mass is 237 g/mol. The van der Waals surface area contributed by atoms with E-state index < -0.39 is 0 Å². The van der Waals surface area contributed by atoms with Crippen molar-refractivity contribution in [1.29, 1.82) is 0 Å². The summed E-state index contributed by atoms with van der Waals surface area (Å²) in [6.07, 6.45) is 5.68. The van der Waals surface area contributed by atoms with Gasteiger partial charge in [0, 0.05) is 50.3 Å². The van der Waals surface area contributed by atoms with Crippen molar-refractivity contribution in [2.24, 2.45) is 0 Å². The molecule has 0 aromatic heterocycles. The van der Waals surface area contributed by atoms with Crippen LogP contribution in [0.15, 0.2) is 0 Å². The molecule has 1 N–H and O–H groups in total. The molecule has 2 atom stereocenters. The van der Waals surface area contributed by atoms with Gasteiger partial charge in [0.05, 0.1) is 0 Å². The van der Waals surface area contributed by atoms with Gasteiger partial charge in [0.2, 0.25) is 0 Å². The number of nitrogens with one attached hydrogen (secondary N) is 1. The van der Waals surface area contributed by atoms with Crippen LogP contribution in [0.5, 0.6) is 0 Å². The second-order valence-electron chi connectivity index (χ2n) is 6.47. The molecule has 0 bridgehead atoms. The first-order valence-corrected chi connectivity index (χ1v) is 7.46. The van der Waals surface area contributed by atoms with Gasteiger partial charge >= 0.3 is 0 Å². The molecule has 0 radical (unpaired) electrons. The maximum absolute atomic E-state index is 3.69. The van der Waals surface area contributed by atoms with Gasteiger partial charge in [0.15, 0.2) is 0 Å². The minimum Gasteiger partial charge on any atom is -0.310 e. The Hall–Kier alpha value is -0.120. The Morgan fingerprint density at radius 1 is 0.882 bits per heavy atom. The number of hydrogen-bond acceptors (Lipinski definition) is 3. The zero-order valence-electron chi connectivity index (χ0n) is 11.4. The molecule has 2 aliphatic heterocycles. The standard InChI is InChI=1S/C14H27N3/c1-11(2)15-12-5-7-16(9-12)14-6-8-17(10-14)13-3-4-13/h11-15H,3-10H2,1-2H3. The fraction of sp³-hybridized carbons (Fsp3) is 1.00. The Kier molecular flexibility index (Phi) is 3.42. The summed E-state index contributed by atoms with van der Waals surface area (Å²) in [5.74, 6) is 0. The number of likely N-dealkylation sites (tertiary alicyclic amines) is 2. The molecule has 2 unspecified atom stereocenters. The minimum atomic E-state index is 0.631. The molecule has 2 saturated heterocycles. The predicted octanol–water partition coefficient (Wildman–Crippen LogP) is 1.30. The lowest BCUT2D eigenvalue weighted by molar-refractivity contribution is 0.224. The van der Waals surface area contributed by atoms with Gasteiger partial charge in [-0.3, -0.25) is 9.80 Å². The van der Waals surface area contributed by atoms with Crippen LogP contribution in [0.1, 0.15) is 39.5 Å². The van der Waals surface area contributed by atoms with Crippen LogP contribution in [0.25, 0.3) is 0 Å². The Morgan fingerprint density at radius 3 is 2.29 bits per heavy atom. The highest BCUT2D eigenvalue weighted by Crippen LogP contribution is 2.31. The van der Waals surface area contributed by atoms with Gasteiger partial charge in [0.1, 0.15) is 0 Å². The van der Waals surface area contributed by atoms with Crippen molar-refractivity contribution in [3.8, 4) is 0 Å². The first-order chi connectivity index (χ1) is 8.22. The summed E-state index contributed by atoms with van der Waals surface area (Å²) in [6, 6.07) is 3.19. The number of rotatable bonds is 4. The van der Waals surface area contributed by atoms with Crippen LogP contribution in [0, 0.1) is 0 Å². The van der Waals surface area contributed by atoms with Crippen LogP contribution in [0.2, 0.25) is 0 Å². The molecule has 3 nitrogen and oxygen atoms in total. The molecule has 1 saturated carbocycles.